The number of hydrogen-bond acceptors (Lipinski definition) is 5. The fourth-order valence-electron chi connectivity index (χ4n) is 2.55. The van der Waals surface area contributed by atoms with E-state index in [2.05, 4.69) is 5.32 Å². The topological polar surface area (TPSA) is 98.5 Å². The van der Waals surface area contributed by atoms with Crippen molar-refractivity contribution >= 4 is 15.7 Å². The maximum Gasteiger partial charge on any atom is 0.249 e. The zero-order valence-corrected chi connectivity index (χ0v) is 13.9. The minimum absolute atomic E-state index is 0.104. The SMILES string of the molecule is CC(NC(=O)[C@@H]1CC[C@H](CN)O1)c1ccc(S(C)(=O)=O)c(F)c1. The molecule has 0 aromatic heterocycles. The highest BCUT2D eigenvalue weighted by Gasteiger charge is 2.30. The van der Waals surface area contributed by atoms with Crippen molar-refractivity contribution in [3.8, 4) is 0 Å². The zero-order valence-electron chi connectivity index (χ0n) is 13.1. The Labute approximate surface area is 135 Å². The van der Waals surface area contributed by atoms with Crippen molar-refractivity contribution in [3.05, 3.63) is 29.6 Å². The molecule has 8 heteroatoms. The lowest BCUT2D eigenvalue weighted by atomic mass is 10.1. The van der Waals surface area contributed by atoms with E-state index >= 15 is 0 Å². The van der Waals surface area contributed by atoms with Gasteiger partial charge in [0, 0.05) is 12.8 Å². The standard InChI is InChI=1S/C15H21FN2O4S/c1-9(18-15(19)13-5-4-11(8-17)22-13)10-3-6-14(12(16)7-10)23(2,20)21/h3,6-7,9,11,13H,4-5,8,17H2,1-2H3,(H,18,19)/t9?,11-,13+/m1/s1. The number of carbonyl (C=O) groups is 1. The van der Waals surface area contributed by atoms with E-state index in [9.17, 15) is 17.6 Å². The quantitative estimate of drug-likeness (QED) is 0.827. The summed E-state index contributed by atoms with van der Waals surface area (Å²) in [5, 5.41) is 2.75. The molecule has 2 rings (SSSR count). The van der Waals surface area contributed by atoms with Gasteiger partial charge >= 0.3 is 0 Å². The Hall–Kier alpha value is -1.51. The lowest BCUT2D eigenvalue weighted by Gasteiger charge is -2.18. The largest absolute Gasteiger partial charge is 0.364 e. The summed E-state index contributed by atoms with van der Waals surface area (Å²) in [7, 11) is -3.62. The van der Waals surface area contributed by atoms with Gasteiger partial charge in [0.05, 0.1) is 12.1 Å². The molecule has 3 atom stereocenters. The van der Waals surface area contributed by atoms with Crippen LogP contribution in [0.3, 0.4) is 0 Å². The first-order chi connectivity index (χ1) is 10.7. The second-order valence-corrected chi connectivity index (χ2v) is 7.74. The van der Waals surface area contributed by atoms with Crippen LogP contribution in [-0.2, 0) is 19.4 Å². The second-order valence-electron chi connectivity index (χ2n) is 5.75. The molecule has 1 aliphatic rings. The third kappa shape index (κ3) is 4.27. The van der Waals surface area contributed by atoms with Crippen molar-refractivity contribution in [1.29, 1.82) is 0 Å². The molecule has 1 aromatic rings. The van der Waals surface area contributed by atoms with Crippen LogP contribution in [0.2, 0.25) is 0 Å². The van der Waals surface area contributed by atoms with Crippen LogP contribution >= 0.6 is 0 Å². The van der Waals surface area contributed by atoms with E-state index in [4.69, 9.17) is 10.5 Å². The predicted octanol–water partition coefficient (Wildman–Crippen LogP) is 0.913. The summed E-state index contributed by atoms with van der Waals surface area (Å²) in [6.07, 6.45) is 1.63. The number of nitrogens with two attached hydrogens (primary N) is 1. The maximum atomic E-state index is 13.9. The van der Waals surface area contributed by atoms with Gasteiger partial charge in [0.1, 0.15) is 16.8 Å². The van der Waals surface area contributed by atoms with Gasteiger partial charge in [-0.15, -0.1) is 0 Å². The number of ether oxygens (including phenoxy) is 1. The van der Waals surface area contributed by atoms with Gasteiger partial charge in [0.25, 0.3) is 0 Å². The highest BCUT2D eigenvalue weighted by Crippen LogP contribution is 2.22. The number of nitrogens with one attached hydrogen (secondary N) is 1. The van der Waals surface area contributed by atoms with Gasteiger partial charge in [-0.3, -0.25) is 4.79 Å². The van der Waals surface area contributed by atoms with Crippen LogP contribution in [0.1, 0.15) is 31.4 Å². The normalized spacial score (nSPS) is 22.8. The molecule has 1 saturated heterocycles. The molecule has 6 nitrogen and oxygen atoms in total. The number of amides is 1. The highest BCUT2D eigenvalue weighted by molar-refractivity contribution is 7.90. The minimum Gasteiger partial charge on any atom is -0.364 e. The molecule has 0 saturated carbocycles. The summed E-state index contributed by atoms with van der Waals surface area (Å²) < 4.78 is 42.2. The minimum atomic E-state index is -3.62. The monoisotopic (exact) mass is 344 g/mol. The van der Waals surface area contributed by atoms with Crippen LogP contribution in [0.15, 0.2) is 23.1 Å². The maximum absolute atomic E-state index is 13.9. The molecule has 1 heterocycles. The third-order valence-electron chi connectivity index (χ3n) is 3.88. The molecular weight excluding hydrogens is 323 g/mol. The molecule has 0 bridgehead atoms. The second kappa shape index (κ2) is 6.94. The Balaban J connectivity index is 2.05. The van der Waals surface area contributed by atoms with Crippen LogP contribution in [0.5, 0.6) is 0 Å². The van der Waals surface area contributed by atoms with E-state index in [1.807, 2.05) is 0 Å². The van der Waals surface area contributed by atoms with Gasteiger partial charge in [0.15, 0.2) is 9.84 Å². The number of carbonyl (C=O) groups excluding carboxylic acids is 1. The van der Waals surface area contributed by atoms with E-state index in [-0.39, 0.29) is 16.9 Å². The number of hydrogen-bond donors (Lipinski definition) is 2. The van der Waals surface area contributed by atoms with Crippen LogP contribution < -0.4 is 11.1 Å². The Bertz CT molecular complexity index is 693. The van der Waals surface area contributed by atoms with Crippen molar-refractivity contribution in [1.82, 2.24) is 5.32 Å². The van der Waals surface area contributed by atoms with E-state index in [0.29, 0.717) is 18.5 Å². The first-order valence-corrected chi connectivity index (χ1v) is 9.27. The van der Waals surface area contributed by atoms with Crippen molar-refractivity contribution < 1.29 is 22.3 Å². The Kier molecular flexibility index (Phi) is 5.38. The molecule has 3 N–H and O–H groups in total. The highest BCUT2D eigenvalue weighted by atomic mass is 32.2. The van der Waals surface area contributed by atoms with E-state index in [1.54, 1.807) is 6.92 Å². The lowest BCUT2D eigenvalue weighted by molar-refractivity contribution is -0.132. The lowest BCUT2D eigenvalue weighted by Crippen LogP contribution is -2.37. The van der Waals surface area contributed by atoms with Crippen molar-refractivity contribution in [2.75, 3.05) is 12.8 Å². The summed E-state index contributed by atoms with van der Waals surface area (Å²) >= 11 is 0. The first kappa shape index (κ1) is 17.8. The average Bonchev–Trinajstić information content (AvgIpc) is 2.94. The summed E-state index contributed by atoms with van der Waals surface area (Å²) in [6, 6.07) is 3.35. The predicted molar refractivity (Wildman–Crippen MR) is 83.0 cm³/mol. The number of rotatable bonds is 5. The average molecular weight is 344 g/mol. The molecule has 23 heavy (non-hydrogen) atoms. The molecule has 0 spiro atoms. The van der Waals surface area contributed by atoms with Gasteiger partial charge in [-0.25, -0.2) is 12.8 Å². The molecule has 1 aromatic carbocycles. The Morgan fingerprint density at radius 1 is 1.48 bits per heavy atom. The Morgan fingerprint density at radius 3 is 2.70 bits per heavy atom. The molecule has 1 amide bonds. The van der Waals surface area contributed by atoms with E-state index in [0.717, 1.165) is 18.7 Å². The fourth-order valence-corrected chi connectivity index (χ4v) is 3.28. The summed E-state index contributed by atoms with van der Waals surface area (Å²) in [4.78, 5) is 11.8. The van der Waals surface area contributed by atoms with Crippen LogP contribution in [0.25, 0.3) is 0 Å². The Morgan fingerprint density at radius 2 is 2.17 bits per heavy atom. The van der Waals surface area contributed by atoms with Gasteiger partial charge in [-0.05, 0) is 37.5 Å². The van der Waals surface area contributed by atoms with Crippen LogP contribution in [0.4, 0.5) is 4.39 Å². The molecule has 1 fully saturated rings. The number of halogens is 1. The zero-order chi connectivity index (χ0) is 17.2. The van der Waals surface area contributed by atoms with Gasteiger partial charge in [-0.1, -0.05) is 6.07 Å². The van der Waals surface area contributed by atoms with Crippen LogP contribution in [0, 0.1) is 5.82 Å². The van der Waals surface area contributed by atoms with E-state index < -0.39 is 27.8 Å². The molecule has 1 unspecified atom stereocenters. The van der Waals surface area contributed by atoms with Gasteiger partial charge in [0.2, 0.25) is 5.91 Å². The fraction of sp³-hybridized carbons (Fsp3) is 0.533. The molecular formula is C15H21FN2O4S. The van der Waals surface area contributed by atoms with Gasteiger partial charge in [-0.2, -0.15) is 0 Å². The van der Waals surface area contributed by atoms with Crippen molar-refractivity contribution in [2.45, 2.75) is 42.9 Å². The molecule has 0 radical (unpaired) electrons. The number of sulfone groups is 1. The summed E-state index contributed by atoms with van der Waals surface area (Å²) in [6.45, 7) is 2.07. The summed E-state index contributed by atoms with van der Waals surface area (Å²) in [5.41, 5.74) is 5.99. The smallest absolute Gasteiger partial charge is 0.249 e. The first-order valence-electron chi connectivity index (χ1n) is 7.37. The molecule has 0 aliphatic carbocycles. The van der Waals surface area contributed by atoms with Gasteiger partial charge < -0.3 is 15.8 Å². The molecule has 1 aliphatic heterocycles. The van der Waals surface area contributed by atoms with E-state index in [1.165, 1.54) is 12.1 Å². The van der Waals surface area contributed by atoms with Crippen molar-refractivity contribution in [2.24, 2.45) is 5.73 Å². The van der Waals surface area contributed by atoms with Crippen LogP contribution in [-0.4, -0.2) is 39.3 Å². The summed E-state index contributed by atoms with van der Waals surface area (Å²) in [5.74, 6) is -1.10. The third-order valence-corrected chi connectivity index (χ3v) is 5.01. The molecule has 128 valence electrons. The number of benzene rings is 1. The van der Waals surface area contributed by atoms with Crippen molar-refractivity contribution in [3.63, 3.8) is 0 Å².